The van der Waals surface area contributed by atoms with Crippen LogP contribution in [0.1, 0.15) is 5.56 Å². The van der Waals surface area contributed by atoms with Gasteiger partial charge in [0.05, 0.1) is 11.8 Å². The van der Waals surface area contributed by atoms with E-state index in [0.29, 0.717) is 5.69 Å². The number of likely N-dealkylation sites (tertiary alicyclic amines) is 1. The molecule has 0 aliphatic carbocycles. The molecule has 0 bridgehead atoms. The Kier molecular flexibility index (Phi) is 4.88. The monoisotopic (exact) mass is 394 g/mol. The van der Waals surface area contributed by atoms with Gasteiger partial charge in [-0.15, -0.1) is 0 Å². The third kappa shape index (κ3) is 3.95. The molecule has 9 heteroatoms. The summed E-state index contributed by atoms with van der Waals surface area (Å²) >= 11 is 3.30. The normalized spacial score (nSPS) is 21.3. The number of urea groups is 1. The van der Waals surface area contributed by atoms with Gasteiger partial charge >= 0.3 is 18.2 Å². The van der Waals surface area contributed by atoms with Gasteiger partial charge in [0, 0.05) is 23.2 Å². The number of aryl methyl sites for hydroxylation is 1. The third-order valence-corrected chi connectivity index (χ3v) is 4.64. The second-order valence-electron chi connectivity index (χ2n) is 5.39. The predicted molar refractivity (Wildman–Crippen MR) is 80.1 cm³/mol. The van der Waals surface area contributed by atoms with Crippen LogP contribution < -0.4 is 5.32 Å². The smallest absolute Gasteiger partial charge is 0.394 e. The molecule has 1 aromatic carbocycles. The summed E-state index contributed by atoms with van der Waals surface area (Å²) < 4.78 is 39.5. The van der Waals surface area contributed by atoms with Crippen molar-refractivity contribution in [3.05, 3.63) is 28.2 Å². The summed E-state index contributed by atoms with van der Waals surface area (Å²) in [6.45, 7) is 0.665. The van der Waals surface area contributed by atoms with E-state index in [4.69, 9.17) is 5.11 Å². The van der Waals surface area contributed by atoms with Crippen molar-refractivity contribution in [1.29, 1.82) is 0 Å². The summed E-state index contributed by atoms with van der Waals surface area (Å²) in [6, 6.07) is 4.22. The Hall–Kier alpha value is -1.77. The number of rotatable bonds is 2. The van der Waals surface area contributed by atoms with Crippen LogP contribution in [0, 0.1) is 18.8 Å². The lowest BCUT2D eigenvalue weighted by Crippen LogP contribution is -2.35. The number of carboxylic acids is 1. The van der Waals surface area contributed by atoms with E-state index in [-0.39, 0.29) is 0 Å². The van der Waals surface area contributed by atoms with Crippen molar-refractivity contribution < 1.29 is 27.9 Å². The van der Waals surface area contributed by atoms with Crippen LogP contribution in [0.15, 0.2) is 22.7 Å². The molecule has 0 aromatic heterocycles. The van der Waals surface area contributed by atoms with Crippen LogP contribution in [0.5, 0.6) is 0 Å². The Morgan fingerprint density at radius 1 is 1.35 bits per heavy atom. The first-order chi connectivity index (χ1) is 10.6. The van der Waals surface area contributed by atoms with Gasteiger partial charge in [-0.25, -0.2) is 4.79 Å². The van der Waals surface area contributed by atoms with Crippen molar-refractivity contribution >= 4 is 33.6 Å². The van der Waals surface area contributed by atoms with Gasteiger partial charge in [0.15, 0.2) is 0 Å². The number of hydrogen-bond acceptors (Lipinski definition) is 2. The fraction of sp³-hybridized carbons (Fsp3) is 0.429. The van der Waals surface area contributed by atoms with E-state index in [0.717, 1.165) is 14.9 Å². The van der Waals surface area contributed by atoms with E-state index in [2.05, 4.69) is 21.2 Å². The van der Waals surface area contributed by atoms with Crippen molar-refractivity contribution in [1.82, 2.24) is 4.90 Å². The summed E-state index contributed by atoms with van der Waals surface area (Å²) in [5, 5.41) is 11.4. The lowest BCUT2D eigenvalue weighted by molar-refractivity contribution is -0.187. The number of aliphatic carboxylic acids is 1. The van der Waals surface area contributed by atoms with Crippen LogP contribution >= 0.6 is 15.9 Å². The molecule has 0 unspecified atom stereocenters. The van der Waals surface area contributed by atoms with Crippen LogP contribution in [-0.2, 0) is 4.79 Å². The Morgan fingerprint density at radius 2 is 2.00 bits per heavy atom. The first kappa shape index (κ1) is 17.6. The van der Waals surface area contributed by atoms with Crippen molar-refractivity contribution in [3.63, 3.8) is 0 Å². The Labute approximate surface area is 138 Å². The number of nitrogens with one attached hydrogen (secondary N) is 1. The minimum atomic E-state index is -4.66. The fourth-order valence-electron chi connectivity index (χ4n) is 2.48. The molecule has 126 valence electrons. The highest BCUT2D eigenvalue weighted by atomic mass is 79.9. The summed E-state index contributed by atoms with van der Waals surface area (Å²) in [4.78, 5) is 24.0. The van der Waals surface area contributed by atoms with Crippen LogP contribution in [0.3, 0.4) is 0 Å². The van der Waals surface area contributed by atoms with Gasteiger partial charge in [-0.3, -0.25) is 4.79 Å². The molecule has 0 saturated carbocycles. The highest BCUT2D eigenvalue weighted by Crippen LogP contribution is 2.37. The second-order valence-corrected chi connectivity index (χ2v) is 6.25. The zero-order valence-electron chi connectivity index (χ0n) is 12.0. The number of amides is 2. The summed E-state index contributed by atoms with van der Waals surface area (Å²) in [6.07, 6.45) is -4.66. The molecule has 0 radical (unpaired) electrons. The lowest BCUT2D eigenvalue weighted by atomic mass is 9.96. The van der Waals surface area contributed by atoms with E-state index in [1.54, 1.807) is 25.1 Å². The molecule has 2 rings (SSSR count). The highest BCUT2D eigenvalue weighted by molar-refractivity contribution is 9.10. The number of halogens is 4. The van der Waals surface area contributed by atoms with Crippen LogP contribution in [0.2, 0.25) is 0 Å². The Balaban J connectivity index is 2.11. The van der Waals surface area contributed by atoms with Crippen molar-refractivity contribution in [2.24, 2.45) is 11.8 Å². The molecular weight excluding hydrogens is 381 g/mol. The van der Waals surface area contributed by atoms with E-state index < -0.39 is 43.1 Å². The maximum absolute atomic E-state index is 12.9. The van der Waals surface area contributed by atoms with Crippen LogP contribution in [-0.4, -0.2) is 41.3 Å². The largest absolute Gasteiger partial charge is 0.481 e. The predicted octanol–water partition coefficient (Wildman–Crippen LogP) is 3.48. The maximum Gasteiger partial charge on any atom is 0.394 e. The molecule has 2 atom stereocenters. The standard InChI is InChI=1S/C14H14BrF3N2O3/c1-7-4-8(2-3-11(7)15)19-13(23)20-5-9(12(21)22)10(6-20)14(16,17)18/h2-4,9-10H,5-6H2,1H3,(H,19,23)(H,21,22)/t9-,10-/m1/s1. The van der Waals surface area contributed by atoms with E-state index in [1.165, 1.54) is 0 Å². The van der Waals surface area contributed by atoms with Gasteiger partial charge in [-0.2, -0.15) is 13.2 Å². The number of nitrogens with zero attached hydrogens (tertiary/aromatic N) is 1. The zero-order chi connectivity index (χ0) is 17.4. The Bertz CT molecular complexity index is 636. The minimum Gasteiger partial charge on any atom is -0.481 e. The average Bonchev–Trinajstić information content (AvgIpc) is 2.88. The fourth-order valence-corrected chi connectivity index (χ4v) is 2.72. The molecule has 1 aromatic rings. The molecule has 2 amide bonds. The van der Waals surface area contributed by atoms with Gasteiger partial charge in [0.25, 0.3) is 0 Å². The number of hydrogen-bond donors (Lipinski definition) is 2. The van der Waals surface area contributed by atoms with E-state index >= 15 is 0 Å². The molecule has 0 spiro atoms. The summed E-state index contributed by atoms with van der Waals surface area (Å²) in [5.74, 6) is -5.26. The van der Waals surface area contributed by atoms with E-state index in [9.17, 15) is 22.8 Å². The SMILES string of the molecule is Cc1cc(NC(=O)N2C[C@@H](C(F)(F)F)[C@H](C(=O)O)C2)ccc1Br. The lowest BCUT2D eigenvalue weighted by Gasteiger charge is -2.19. The maximum atomic E-state index is 12.9. The molecule has 1 saturated heterocycles. The van der Waals surface area contributed by atoms with Crippen LogP contribution in [0.4, 0.5) is 23.7 Å². The van der Waals surface area contributed by atoms with Gasteiger partial charge in [-0.1, -0.05) is 15.9 Å². The average molecular weight is 395 g/mol. The van der Waals surface area contributed by atoms with Gasteiger partial charge in [-0.05, 0) is 30.7 Å². The van der Waals surface area contributed by atoms with Gasteiger partial charge in [0.1, 0.15) is 0 Å². The van der Waals surface area contributed by atoms with Crippen molar-refractivity contribution in [3.8, 4) is 0 Å². The first-order valence-corrected chi connectivity index (χ1v) is 7.50. The van der Waals surface area contributed by atoms with Crippen molar-refractivity contribution in [2.45, 2.75) is 13.1 Å². The zero-order valence-corrected chi connectivity index (χ0v) is 13.6. The second kappa shape index (κ2) is 6.38. The topological polar surface area (TPSA) is 69.6 Å². The number of carbonyl (C=O) groups is 2. The first-order valence-electron chi connectivity index (χ1n) is 6.71. The number of alkyl halides is 3. The molecule has 5 nitrogen and oxygen atoms in total. The Morgan fingerprint density at radius 3 is 2.48 bits per heavy atom. The highest BCUT2D eigenvalue weighted by Gasteiger charge is 2.53. The van der Waals surface area contributed by atoms with E-state index in [1.807, 2.05) is 0 Å². The molecule has 2 N–H and O–H groups in total. The summed E-state index contributed by atoms with van der Waals surface area (Å²) in [7, 11) is 0. The number of carboxylic acid groups (broad SMARTS) is 1. The van der Waals surface area contributed by atoms with Crippen molar-refractivity contribution in [2.75, 3.05) is 18.4 Å². The molecule has 1 aliphatic heterocycles. The molecular formula is C14H14BrF3N2O3. The molecule has 1 fully saturated rings. The number of benzene rings is 1. The van der Waals surface area contributed by atoms with Crippen LogP contribution in [0.25, 0.3) is 0 Å². The number of anilines is 1. The minimum absolute atomic E-state index is 0.429. The molecule has 23 heavy (non-hydrogen) atoms. The molecule has 1 aliphatic rings. The molecule has 1 heterocycles. The third-order valence-electron chi connectivity index (χ3n) is 3.75. The van der Waals surface area contributed by atoms with Gasteiger partial charge in [0.2, 0.25) is 0 Å². The van der Waals surface area contributed by atoms with Gasteiger partial charge < -0.3 is 15.3 Å². The number of carbonyl (C=O) groups excluding carboxylic acids is 1. The summed E-state index contributed by atoms with van der Waals surface area (Å²) in [5.41, 5.74) is 1.28. The quantitative estimate of drug-likeness (QED) is 0.806.